The third-order valence-electron chi connectivity index (χ3n) is 3.38. The van der Waals surface area contributed by atoms with Crippen LogP contribution in [0.2, 0.25) is 0 Å². The largest absolute Gasteiger partial charge is 0.485 e. The molecule has 17 heavy (non-hydrogen) atoms. The van der Waals surface area contributed by atoms with Crippen LogP contribution in [0.4, 0.5) is 0 Å². The van der Waals surface area contributed by atoms with E-state index in [1.165, 1.54) is 24.1 Å². The van der Waals surface area contributed by atoms with Gasteiger partial charge in [-0.25, -0.2) is 5.01 Å². The second-order valence-electron chi connectivity index (χ2n) is 4.60. The highest BCUT2D eigenvalue weighted by molar-refractivity contribution is 7.14. The summed E-state index contributed by atoms with van der Waals surface area (Å²) in [6.45, 7) is 2.29. The van der Waals surface area contributed by atoms with Crippen LogP contribution in [0.15, 0.2) is 6.07 Å². The van der Waals surface area contributed by atoms with Crippen LogP contribution >= 0.6 is 11.3 Å². The van der Waals surface area contributed by atoms with Gasteiger partial charge in [-0.1, -0.05) is 24.2 Å². The molecule has 2 aliphatic heterocycles. The fourth-order valence-corrected chi connectivity index (χ4v) is 3.59. The molecule has 1 fully saturated rings. The van der Waals surface area contributed by atoms with Crippen molar-refractivity contribution in [1.82, 2.24) is 5.01 Å². The fourth-order valence-electron chi connectivity index (χ4n) is 2.46. The second kappa shape index (κ2) is 4.84. The van der Waals surface area contributed by atoms with Crippen molar-refractivity contribution in [2.45, 2.75) is 31.7 Å². The summed E-state index contributed by atoms with van der Waals surface area (Å²) in [5.74, 6) is 7.02. The SMILES string of the molecule is NN1CCCCCC1c1cc2c(s1)OCCO2. The van der Waals surface area contributed by atoms with E-state index in [0.29, 0.717) is 19.3 Å². The zero-order valence-electron chi connectivity index (χ0n) is 9.85. The normalized spacial score (nSPS) is 25.6. The quantitative estimate of drug-likeness (QED) is 0.781. The number of nitrogens with zero attached hydrogens (tertiary/aromatic N) is 1. The van der Waals surface area contributed by atoms with Gasteiger partial charge in [-0.05, 0) is 18.9 Å². The molecule has 1 atom stereocenters. The summed E-state index contributed by atoms with van der Waals surface area (Å²) in [6.07, 6.45) is 4.87. The van der Waals surface area contributed by atoms with Crippen molar-refractivity contribution in [2.75, 3.05) is 19.8 Å². The van der Waals surface area contributed by atoms with Crippen molar-refractivity contribution in [3.8, 4) is 10.8 Å². The maximum atomic E-state index is 6.13. The van der Waals surface area contributed by atoms with Gasteiger partial charge in [0.25, 0.3) is 0 Å². The Labute approximate surface area is 105 Å². The Balaban J connectivity index is 1.84. The lowest BCUT2D eigenvalue weighted by atomic mass is 10.1. The number of hydrogen-bond donors (Lipinski definition) is 1. The average molecular weight is 254 g/mol. The van der Waals surface area contributed by atoms with Gasteiger partial charge in [-0.3, -0.25) is 5.84 Å². The van der Waals surface area contributed by atoms with Crippen LogP contribution in [0.1, 0.15) is 36.6 Å². The highest BCUT2D eigenvalue weighted by Crippen LogP contribution is 2.44. The predicted molar refractivity (Wildman–Crippen MR) is 67.4 cm³/mol. The molecule has 3 heterocycles. The molecular formula is C12H18N2O2S. The lowest BCUT2D eigenvalue weighted by Crippen LogP contribution is -2.34. The van der Waals surface area contributed by atoms with Crippen LogP contribution in [0.25, 0.3) is 0 Å². The molecule has 0 amide bonds. The summed E-state index contributed by atoms with van der Waals surface area (Å²) in [5, 5.41) is 2.90. The average Bonchev–Trinajstić information content (AvgIpc) is 2.65. The van der Waals surface area contributed by atoms with E-state index in [4.69, 9.17) is 15.3 Å². The van der Waals surface area contributed by atoms with Crippen molar-refractivity contribution >= 4 is 11.3 Å². The number of fused-ring (bicyclic) bond motifs is 1. The van der Waals surface area contributed by atoms with Gasteiger partial charge in [0, 0.05) is 11.4 Å². The van der Waals surface area contributed by atoms with Gasteiger partial charge < -0.3 is 9.47 Å². The van der Waals surface area contributed by atoms with Gasteiger partial charge in [0.15, 0.2) is 5.75 Å². The lowest BCUT2D eigenvalue weighted by Gasteiger charge is -2.23. The Morgan fingerprint density at radius 1 is 1.24 bits per heavy atom. The molecule has 0 bridgehead atoms. The topological polar surface area (TPSA) is 47.7 Å². The van der Waals surface area contributed by atoms with Crippen molar-refractivity contribution in [2.24, 2.45) is 5.84 Å². The number of thiophene rings is 1. The molecule has 0 spiro atoms. The van der Waals surface area contributed by atoms with E-state index >= 15 is 0 Å². The third kappa shape index (κ3) is 2.27. The predicted octanol–water partition coefficient (Wildman–Crippen LogP) is 2.31. The smallest absolute Gasteiger partial charge is 0.217 e. The molecule has 5 heteroatoms. The molecule has 2 aliphatic rings. The van der Waals surface area contributed by atoms with Crippen LogP contribution in [-0.4, -0.2) is 24.8 Å². The zero-order chi connectivity index (χ0) is 11.7. The molecule has 1 aromatic heterocycles. The standard InChI is InChI=1S/C12H18N2O2S/c13-14-5-3-1-2-4-9(14)11-8-10-12(17-11)16-7-6-15-10/h8-9H,1-7,13H2. The summed E-state index contributed by atoms with van der Waals surface area (Å²) in [5.41, 5.74) is 0. The molecule has 3 rings (SSSR count). The number of hydrazine groups is 1. The van der Waals surface area contributed by atoms with Crippen molar-refractivity contribution in [1.29, 1.82) is 0 Å². The van der Waals surface area contributed by atoms with E-state index < -0.39 is 0 Å². The summed E-state index contributed by atoms with van der Waals surface area (Å²) in [4.78, 5) is 1.28. The molecule has 1 unspecified atom stereocenters. The van der Waals surface area contributed by atoms with Crippen molar-refractivity contribution in [3.05, 3.63) is 10.9 Å². The fraction of sp³-hybridized carbons (Fsp3) is 0.667. The molecule has 0 aliphatic carbocycles. The molecule has 4 nitrogen and oxygen atoms in total. The first-order valence-electron chi connectivity index (χ1n) is 6.25. The van der Waals surface area contributed by atoms with E-state index in [9.17, 15) is 0 Å². The Hall–Kier alpha value is -0.780. The second-order valence-corrected chi connectivity index (χ2v) is 5.65. The number of hydrogen-bond acceptors (Lipinski definition) is 5. The Bertz CT molecular complexity index is 370. The molecule has 0 radical (unpaired) electrons. The van der Waals surface area contributed by atoms with Crippen LogP contribution in [0.3, 0.4) is 0 Å². The monoisotopic (exact) mass is 254 g/mol. The minimum Gasteiger partial charge on any atom is -0.485 e. The summed E-state index contributed by atoms with van der Waals surface area (Å²) < 4.78 is 11.2. The van der Waals surface area contributed by atoms with E-state index in [-0.39, 0.29) is 0 Å². The highest BCUT2D eigenvalue weighted by atomic mass is 32.1. The highest BCUT2D eigenvalue weighted by Gasteiger charge is 2.25. The maximum absolute atomic E-state index is 6.13. The Morgan fingerprint density at radius 2 is 2.12 bits per heavy atom. The van der Waals surface area contributed by atoms with Crippen LogP contribution < -0.4 is 15.3 Å². The number of rotatable bonds is 1. The minimum absolute atomic E-state index is 0.334. The first kappa shape index (κ1) is 11.3. The van der Waals surface area contributed by atoms with Crippen LogP contribution in [0, 0.1) is 0 Å². The Morgan fingerprint density at radius 3 is 3.00 bits per heavy atom. The van der Waals surface area contributed by atoms with Gasteiger partial charge in [0.2, 0.25) is 5.06 Å². The van der Waals surface area contributed by atoms with Crippen LogP contribution in [0.5, 0.6) is 10.8 Å². The van der Waals surface area contributed by atoms with E-state index in [1.54, 1.807) is 11.3 Å². The van der Waals surface area contributed by atoms with E-state index in [1.807, 2.05) is 5.01 Å². The molecule has 0 aromatic carbocycles. The first-order valence-corrected chi connectivity index (χ1v) is 7.07. The van der Waals surface area contributed by atoms with Crippen molar-refractivity contribution in [3.63, 3.8) is 0 Å². The molecule has 1 aromatic rings. The van der Waals surface area contributed by atoms with Crippen LogP contribution in [-0.2, 0) is 0 Å². The van der Waals surface area contributed by atoms with E-state index in [0.717, 1.165) is 23.8 Å². The number of nitrogens with two attached hydrogens (primary N) is 1. The summed E-state index contributed by atoms with van der Waals surface area (Å²) in [7, 11) is 0. The van der Waals surface area contributed by atoms with Gasteiger partial charge in [0.05, 0.1) is 6.04 Å². The maximum Gasteiger partial charge on any atom is 0.217 e. The van der Waals surface area contributed by atoms with Crippen molar-refractivity contribution < 1.29 is 9.47 Å². The molecule has 1 saturated heterocycles. The number of ether oxygens (including phenoxy) is 2. The third-order valence-corrected chi connectivity index (χ3v) is 4.51. The van der Waals surface area contributed by atoms with Gasteiger partial charge in [0.1, 0.15) is 13.2 Å². The Kier molecular flexibility index (Phi) is 3.22. The minimum atomic E-state index is 0.334. The summed E-state index contributed by atoms with van der Waals surface area (Å²) in [6, 6.07) is 2.44. The lowest BCUT2D eigenvalue weighted by molar-refractivity contribution is 0.177. The van der Waals surface area contributed by atoms with Gasteiger partial charge in [-0.2, -0.15) is 0 Å². The molecular weight excluding hydrogens is 236 g/mol. The summed E-state index contributed by atoms with van der Waals surface area (Å²) >= 11 is 1.69. The van der Waals surface area contributed by atoms with Gasteiger partial charge in [-0.15, -0.1) is 0 Å². The van der Waals surface area contributed by atoms with Gasteiger partial charge >= 0.3 is 0 Å². The molecule has 0 saturated carbocycles. The van der Waals surface area contributed by atoms with E-state index in [2.05, 4.69) is 6.07 Å². The first-order chi connectivity index (χ1) is 8.34. The molecule has 94 valence electrons. The zero-order valence-corrected chi connectivity index (χ0v) is 10.7. The molecule has 2 N–H and O–H groups in total.